The summed E-state index contributed by atoms with van der Waals surface area (Å²) in [7, 11) is 0. The molecule has 0 spiro atoms. The Labute approximate surface area is 119 Å². The lowest BCUT2D eigenvalue weighted by molar-refractivity contribution is 0.0698. The lowest BCUT2D eigenvalue weighted by atomic mass is 10.0. The molecule has 20 heavy (non-hydrogen) atoms. The number of furan rings is 1. The minimum atomic E-state index is -1.01. The molecular formula is C15H10ClNO3. The van der Waals surface area contributed by atoms with Gasteiger partial charge in [-0.05, 0) is 30.7 Å². The number of hydrogen-bond acceptors (Lipinski definition) is 3. The summed E-state index contributed by atoms with van der Waals surface area (Å²) in [5.41, 5.74) is 1.71. The van der Waals surface area contributed by atoms with E-state index in [0.717, 1.165) is 0 Å². The van der Waals surface area contributed by atoms with Gasteiger partial charge in [-0.1, -0.05) is 23.7 Å². The van der Waals surface area contributed by atoms with E-state index < -0.39 is 5.97 Å². The fraction of sp³-hybridized carbons (Fsp3) is 0.0667. The maximum absolute atomic E-state index is 11.6. The summed E-state index contributed by atoms with van der Waals surface area (Å²) in [6.07, 6.45) is 1.52. The standard InChI is InChI=1S/C15H10ClNO3/c1-8-12(15(18)19)9-4-2-5-10(16)14(9)17-13(8)11-6-3-7-20-11/h2-7H,1H3,(H,18,19). The predicted octanol–water partition coefficient (Wildman–Crippen LogP) is 4.15. The largest absolute Gasteiger partial charge is 0.478 e. The van der Waals surface area contributed by atoms with Crippen LogP contribution in [0.1, 0.15) is 15.9 Å². The second-order valence-electron chi connectivity index (χ2n) is 4.38. The van der Waals surface area contributed by atoms with Gasteiger partial charge in [-0.15, -0.1) is 0 Å². The van der Waals surface area contributed by atoms with Gasteiger partial charge in [0.2, 0.25) is 0 Å². The van der Waals surface area contributed by atoms with E-state index >= 15 is 0 Å². The number of nitrogens with zero attached hydrogens (tertiary/aromatic N) is 1. The molecular weight excluding hydrogens is 278 g/mol. The third kappa shape index (κ3) is 1.85. The molecule has 3 aromatic rings. The maximum atomic E-state index is 11.6. The monoisotopic (exact) mass is 287 g/mol. The third-order valence-corrected chi connectivity index (χ3v) is 3.48. The number of pyridine rings is 1. The van der Waals surface area contributed by atoms with Crippen LogP contribution in [0, 0.1) is 6.92 Å². The number of halogens is 1. The van der Waals surface area contributed by atoms with Crippen molar-refractivity contribution in [2.24, 2.45) is 0 Å². The number of aromatic nitrogens is 1. The van der Waals surface area contributed by atoms with Crippen molar-refractivity contribution in [3.8, 4) is 11.5 Å². The van der Waals surface area contributed by atoms with Gasteiger partial charge >= 0.3 is 5.97 Å². The fourth-order valence-electron chi connectivity index (χ4n) is 2.28. The molecule has 0 saturated carbocycles. The van der Waals surface area contributed by atoms with Gasteiger partial charge in [-0.2, -0.15) is 0 Å². The summed E-state index contributed by atoms with van der Waals surface area (Å²) in [5, 5.41) is 10.4. The molecule has 1 N–H and O–H groups in total. The SMILES string of the molecule is Cc1c(-c2ccco2)nc2c(Cl)cccc2c1C(=O)O. The number of hydrogen-bond donors (Lipinski definition) is 1. The van der Waals surface area contributed by atoms with Crippen molar-refractivity contribution < 1.29 is 14.3 Å². The predicted molar refractivity (Wildman–Crippen MR) is 76.2 cm³/mol. The molecule has 5 heteroatoms. The Bertz CT molecular complexity index is 810. The average molecular weight is 288 g/mol. The van der Waals surface area contributed by atoms with Crippen LogP contribution in [0.2, 0.25) is 5.02 Å². The summed E-state index contributed by atoms with van der Waals surface area (Å²) in [4.78, 5) is 16.0. The van der Waals surface area contributed by atoms with Crippen LogP contribution in [0.4, 0.5) is 0 Å². The van der Waals surface area contributed by atoms with E-state index in [4.69, 9.17) is 16.0 Å². The smallest absolute Gasteiger partial charge is 0.336 e. The highest BCUT2D eigenvalue weighted by Gasteiger charge is 2.20. The number of rotatable bonds is 2. The highest BCUT2D eigenvalue weighted by molar-refractivity contribution is 6.35. The Hall–Kier alpha value is -2.33. The second-order valence-corrected chi connectivity index (χ2v) is 4.79. The van der Waals surface area contributed by atoms with Gasteiger partial charge in [0.15, 0.2) is 5.76 Å². The lowest BCUT2D eigenvalue weighted by Crippen LogP contribution is -2.04. The Balaban J connectivity index is 2.47. The summed E-state index contributed by atoms with van der Waals surface area (Å²) in [6, 6.07) is 8.57. The van der Waals surface area contributed by atoms with Gasteiger partial charge in [-0.3, -0.25) is 0 Å². The number of carbonyl (C=O) groups is 1. The van der Waals surface area contributed by atoms with Crippen LogP contribution in [-0.4, -0.2) is 16.1 Å². The molecule has 3 rings (SSSR count). The van der Waals surface area contributed by atoms with Crippen molar-refractivity contribution in [1.29, 1.82) is 0 Å². The first-order chi connectivity index (χ1) is 9.59. The van der Waals surface area contributed by atoms with Crippen molar-refractivity contribution in [3.63, 3.8) is 0 Å². The van der Waals surface area contributed by atoms with Crippen LogP contribution >= 0.6 is 11.6 Å². The molecule has 0 amide bonds. The number of carboxylic acids is 1. The van der Waals surface area contributed by atoms with Gasteiger partial charge in [-0.25, -0.2) is 9.78 Å². The van der Waals surface area contributed by atoms with Gasteiger partial charge in [0, 0.05) is 5.39 Å². The van der Waals surface area contributed by atoms with E-state index in [2.05, 4.69) is 4.98 Å². The zero-order chi connectivity index (χ0) is 14.3. The number of para-hydroxylation sites is 1. The molecule has 0 unspecified atom stereocenters. The zero-order valence-corrected chi connectivity index (χ0v) is 11.3. The number of carboxylic acid groups (broad SMARTS) is 1. The second kappa shape index (κ2) is 4.65. The van der Waals surface area contributed by atoms with Crippen molar-refractivity contribution >= 4 is 28.5 Å². The minimum Gasteiger partial charge on any atom is -0.478 e. The average Bonchev–Trinajstić information content (AvgIpc) is 2.91. The topological polar surface area (TPSA) is 63.3 Å². The fourth-order valence-corrected chi connectivity index (χ4v) is 2.49. The molecule has 1 aromatic carbocycles. The van der Waals surface area contributed by atoms with Gasteiger partial charge in [0.1, 0.15) is 5.69 Å². The molecule has 0 bridgehead atoms. The van der Waals surface area contributed by atoms with E-state index in [1.54, 1.807) is 37.3 Å². The molecule has 2 aromatic heterocycles. The van der Waals surface area contributed by atoms with Crippen LogP contribution in [0.25, 0.3) is 22.4 Å². The van der Waals surface area contributed by atoms with Crippen LogP contribution in [0.15, 0.2) is 41.0 Å². The number of aromatic carboxylic acids is 1. The Morgan fingerprint density at radius 3 is 2.75 bits per heavy atom. The molecule has 0 fully saturated rings. The van der Waals surface area contributed by atoms with Gasteiger partial charge in [0.05, 0.1) is 22.4 Å². The van der Waals surface area contributed by atoms with Crippen LogP contribution < -0.4 is 0 Å². The number of benzene rings is 1. The maximum Gasteiger partial charge on any atom is 0.336 e. The first-order valence-electron chi connectivity index (χ1n) is 5.95. The highest BCUT2D eigenvalue weighted by Crippen LogP contribution is 2.32. The Morgan fingerprint density at radius 2 is 2.10 bits per heavy atom. The van der Waals surface area contributed by atoms with Crippen LogP contribution in [0.5, 0.6) is 0 Å². The summed E-state index contributed by atoms with van der Waals surface area (Å²) < 4.78 is 5.33. The molecule has 0 atom stereocenters. The molecule has 4 nitrogen and oxygen atoms in total. The summed E-state index contributed by atoms with van der Waals surface area (Å²) in [6.45, 7) is 1.72. The molecule has 100 valence electrons. The summed E-state index contributed by atoms with van der Waals surface area (Å²) in [5.74, 6) is -0.489. The Kier molecular flexibility index (Phi) is 2.95. The number of fused-ring (bicyclic) bond motifs is 1. The van der Waals surface area contributed by atoms with E-state index in [1.165, 1.54) is 6.26 Å². The molecule has 2 heterocycles. The minimum absolute atomic E-state index is 0.198. The van der Waals surface area contributed by atoms with Crippen molar-refractivity contribution in [3.05, 3.63) is 52.7 Å². The lowest BCUT2D eigenvalue weighted by Gasteiger charge is -2.11. The quantitative estimate of drug-likeness (QED) is 0.769. The van der Waals surface area contributed by atoms with Crippen molar-refractivity contribution in [1.82, 2.24) is 4.98 Å². The summed E-state index contributed by atoms with van der Waals surface area (Å²) >= 11 is 6.13. The van der Waals surface area contributed by atoms with Crippen molar-refractivity contribution in [2.75, 3.05) is 0 Å². The third-order valence-electron chi connectivity index (χ3n) is 3.18. The molecule has 0 aliphatic heterocycles. The normalized spacial score (nSPS) is 10.9. The van der Waals surface area contributed by atoms with Gasteiger partial charge < -0.3 is 9.52 Å². The van der Waals surface area contributed by atoms with Crippen molar-refractivity contribution in [2.45, 2.75) is 6.92 Å². The molecule has 0 aliphatic rings. The molecule has 0 saturated heterocycles. The van der Waals surface area contributed by atoms with E-state index in [0.29, 0.717) is 32.9 Å². The van der Waals surface area contributed by atoms with E-state index in [-0.39, 0.29) is 5.56 Å². The highest BCUT2D eigenvalue weighted by atomic mass is 35.5. The molecule has 0 radical (unpaired) electrons. The Morgan fingerprint density at radius 1 is 1.30 bits per heavy atom. The van der Waals surface area contributed by atoms with E-state index in [9.17, 15) is 9.90 Å². The first kappa shape index (κ1) is 12.7. The van der Waals surface area contributed by atoms with Crippen LogP contribution in [0.3, 0.4) is 0 Å². The molecule has 0 aliphatic carbocycles. The first-order valence-corrected chi connectivity index (χ1v) is 6.33. The zero-order valence-electron chi connectivity index (χ0n) is 10.6. The van der Waals surface area contributed by atoms with Gasteiger partial charge in [0.25, 0.3) is 0 Å². The van der Waals surface area contributed by atoms with Crippen LogP contribution in [-0.2, 0) is 0 Å². The van der Waals surface area contributed by atoms with E-state index in [1.807, 2.05) is 0 Å².